The lowest BCUT2D eigenvalue weighted by Crippen LogP contribution is -2.57. The number of nitrogen functional groups attached to an aromatic ring is 1. The molecule has 2 aromatic carbocycles. The molecule has 420 valence electrons. The Kier molecular flexibility index (Phi) is 21.9. The average Bonchev–Trinajstić information content (AvgIpc) is 4.06. The van der Waals surface area contributed by atoms with Gasteiger partial charge < -0.3 is 41.9 Å². The van der Waals surface area contributed by atoms with Crippen LogP contribution in [0.3, 0.4) is 0 Å². The topological polar surface area (TPSA) is 216 Å². The highest BCUT2D eigenvalue weighted by molar-refractivity contribution is 7.99. The molecule has 4 unspecified atom stereocenters. The minimum atomic E-state index is -0.857. The van der Waals surface area contributed by atoms with Gasteiger partial charge in [-0.2, -0.15) is 0 Å². The zero-order valence-corrected chi connectivity index (χ0v) is 48.9. The van der Waals surface area contributed by atoms with E-state index in [0.717, 1.165) is 142 Å². The molecular weight excluding hydrogens is 1050 g/mol. The fourth-order valence-corrected chi connectivity index (χ4v) is 12.9. The van der Waals surface area contributed by atoms with Crippen molar-refractivity contribution in [3.8, 4) is 10.4 Å². The summed E-state index contributed by atoms with van der Waals surface area (Å²) in [7, 11) is 0. The van der Waals surface area contributed by atoms with Crippen molar-refractivity contribution in [1.29, 1.82) is 0 Å². The number of benzene rings is 2. The first-order valence-corrected chi connectivity index (χ1v) is 30.1. The van der Waals surface area contributed by atoms with E-state index >= 15 is 0 Å². The van der Waals surface area contributed by atoms with E-state index in [-0.39, 0.29) is 48.1 Å². The van der Waals surface area contributed by atoms with Crippen molar-refractivity contribution in [3.05, 3.63) is 75.5 Å². The normalized spacial score (nSPS) is 18.8. The molecule has 4 amide bonds. The van der Waals surface area contributed by atoms with E-state index in [9.17, 15) is 24.3 Å². The number of likely N-dealkylation sites (tertiary alicyclic amines) is 1. The van der Waals surface area contributed by atoms with Gasteiger partial charge in [-0.15, -0.1) is 11.3 Å². The van der Waals surface area contributed by atoms with Crippen molar-refractivity contribution in [2.45, 2.75) is 159 Å². The Morgan fingerprint density at radius 1 is 0.896 bits per heavy atom. The van der Waals surface area contributed by atoms with E-state index in [1.807, 2.05) is 81.4 Å². The van der Waals surface area contributed by atoms with Gasteiger partial charge in [-0.05, 0) is 99.6 Å². The number of carbonyl (C=O) groups excluding carboxylic acids is 4. The molecule has 20 heteroatoms. The molecule has 2 aromatic heterocycles. The Bertz CT molecular complexity index is 2600. The maximum Gasteiger partial charge on any atom is 0.246 e. The maximum atomic E-state index is 14.1. The number of nitrogens with two attached hydrogens (primary N) is 2. The standard InChI is InChI=1S/C57H81Cl2N11O5S2/c1-38(40-19-21-41(22-20-40)50-39(2)63-37-76-50)64-53(74)44-33-42(71)35-70(44)55(75)51(56(3,4)5)66-47(72)17-10-7-6-8-13-26-67-29-31-69(32-30-67)48(73)18-11-9-12-23-57(36-60)24-27-68(28-25-57)46-34-62-54(52(61)65-46)77-45-16-14-15-43(58)49(45)59/h14-16,19-22,34,37-38,42,44,51,71H,6-13,17-18,23-33,35-36,60H2,1-5H3,(H2,61,65)(H,64,74)(H,66,72). The summed E-state index contributed by atoms with van der Waals surface area (Å²) in [6, 6.07) is 11.4. The van der Waals surface area contributed by atoms with Crippen LogP contribution < -0.4 is 27.0 Å². The average molecular weight is 1140 g/mol. The second-order valence-corrected chi connectivity index (χ2v) is 25.1. The van der Waals surface area contributed by atoms with Gasteiger partial charge in [0.15, 0.2) is 5.82 Å². The van der Waals surface area contributed by atoms with Crippen LogP contribution >= 0.6 is 46.3 Å². The number of halogens is 2. The number of carbonyl (C=O) groups is 4. The Hall–Kier alpha value is -4.56. The lowest BCUT2D eigenvalue weighted by atomic mass is 9.74. The van der Waals surface area contributed by atoms with Crippen molar-refractivity contribution in [1.82, 2.24) is 40.3 Å². The van der Waals surface area contributed by atoms with Gasteiger partial charge >= 0.3 is 0 Å². The molecular formula is C57H81Cl2N11O5S2. The number of thiazole rings is 1. The van der Waals surface area contributed by atoms with Crippen LogP contribution in [0.25, 0.3) is 10.4 Å². The van der Waals surface area contributed by atoms with Crippen LogP contribution in [0.2, 0.25) is 10.0 Å². The highest BCUT2D eigenvalue weighted by atomic mass is 35.5. The molecule has 0 spiro atoms. The van der Waals surface area contributed by atoms with Crippen LogP contribution in [-0.4, -0.2) is 135 Å². The molecule has 77 heavy (non-hydrogen) atoms. The number of β-amino-alcohol motifs (C(OH)–C–C–N with tert-alkyl or cyclic N) is 1. The van der Waals surface area contributed by atoms with Crippen LogP contribution in [0.1, 0.15) is 135 Å². The van der Waals surface area contributed by atoms with Crippen molar-refractivity contribution in [2.24, 2.45) is 16.6 Å². The Balaban J connectivity index is 0.728. The summed E-state index contributed by atoms with van der Waals surface area (Å²) >= 11 is 15.5. The Labute approximate surface area is 474 Å². The highest BCUT2D eigenvalue weighted by Crippen LogP contribution is 2.40. The molecule has 0 bridgehead atoms. The summed E-state index contributed by atoms with van der Waals surface area (Å²) in [6.07, 6.45) is 12.6. The van der Waals surface area contributed by atoms with Crippen molar-refractivity contribution < 1.29 is 24.3 Å². The third-order valence-electron chi connectivity index (χ3n) is 15.7. The monoisotopic (exact) mass is 1130 g/mol. The molecule has 0 saturated carbocycles. The lowest BCUT2D eigenvalue weighted by Gasteiger charge is -2.42. The number of hydrogen-bond acceptors (Lipinski definition) is 14. The Morgan fingerprint density at radius 3 is 2.26 bits per heavy atom. The number of nitrogens with zero attached hydrogens (tertiary/aromatic N) is 7. The first kappa shape index (κ1) is 60.1. The predicted molar refractivity (Wildman–Crippen MR) is 310 cm³/mol. The molecule has 7 N–H and O–H groups in total. The van der Waals surface area contributed by atoms with Gasteiger partial charge in [0.1, 0.15) is 22.9 Å². The van der Waals surface area contributed by atoms with Crippen LogP contribution in [-0.2, 0) is 19.2 Å². The smallest absolute Gasteiger partial charge is 0.246 e. The maximum absolute atomic E-state index is 14.1. The van der Waals surface area contributed by atoms with Crippen LogP contribution in [0.15, 0.2) is 64.1 Å². The van der Waals surface area contributed by atoms with Gasteiger partial charge in [0.25, 0.3) is 0 Å². The second-order valence-electron chi connectivity index (χ2n) is 22.4. The van der Waals surface area contributed by atoms with E-state index in [1.54, 1.807) is 23.6 Å². The summed E-state index contributed by atoms with van der Waals surface area (Å²) in [5.41, 5.74) is 17.0. The van der Waals surface area contributed by atoms with Gasteiger partial charge in [-0.3, -0.25) is 24.1 Å². The van der Waals surface area contributed by atoms with Crippen molar-refractivity contribution in [3.63, 3.8) is 0 Å². The lowest BCUT2D eigenvalue weighted by molar-refractivity contribution is -0.144. The summed E-state index contributed by atoms with van der Waals surface area (Å²) in [4.78, 5) is 78.0. The number of aryl methyl sites for hydroxylation is 1. The molecule has 4 atom stereocenters. The molecule has 0 aliphatic carbocycles. The number of anilines is 2. The quantitative estimate of drug-likeness (QED) is 0.0414. The summed E-state index contributed by atoms with van der Waals surface area (Å²) in [5, 5.41) is 18.3. The third kappa shape index (κ3) is 16.5. The molecule has 0 radical (unpaired) electrons. The van der Waals surface area contributed by atoms with Gasteiger partial charge in [0, 0.05) is 70.0 Å². The highest BCUT2D eigenvalue weighted by Gasteiger charge is 2.45. The number of aromatic nitrogens is 3. The zero-order valence-electron chi connectivity index (χ0n) is 45.7. The minimum Gasteiger partial charge on any atom is -0.391 e. The van der Waals surface area contributed by atoms with E-state index in [4.69, 9.17) is 34.7 Å². The predicted octanol–water partition coefficient (Wildman–Crippen LogP) is 9.30. The SMILES string of the molecule is Cc1ncsc1-c1ccc(C(C)NC(=O)C2CC(O)CN2C(=O)C(NC(=O)CCCCCCCN2CCN(C(=O)CCCCCC3(CN)CCN(c4cnc(Sc5cccc(Cl)c5Cl)c(N)n4)CC3)CC2)C(C)(C)C)cc1. The summed E-state index contributed by atoms with van der Waals surface area (Å²) in [6.45, 7) is 16.2. The van der Waals surface area contributed by atoms with E-state index in [0.29, 0.717) is 46.7 Å². The molecule has 3 saturated heterocycles. The summed E-state index contributed by atoms with van der Waals surface area (Å²) in [5.74, 6) is 0.488. The van der Waals surface area contributed by atoms with Crippen molar-refractivity contribution >= 4 is 81.6 Å². The van der Waals surface area contributed by atoms with Crippen LogP contribution in [0.5, 0.6) is 0 Å². The number of unbranched alkanes of at least 4 members (excludes halogenated alkanes) is 6. The minimum absolute atomic E-state index is 0.0288. The number of nitrogens with one attached hydrogen (secondary N) is 2. The number of aliphatic hydroxyl groups excluding tert-OH is 1. The Morgan fingerprint density at radius 2 is 1.58 bits per heavy atom. The number of piperazine rings is 1. The number of rotatable bonds is 24. The zero-order chi connectivity index (χ0) is 55.3. The molecule has 3 fully saturated rings. The van der Waals surface area contributed by atoms with Gasteiger partial charge in [0.2, 0.25) is 23.6 Å². The fourth-order valence-electron chi connectivity index (χ4n) is 10.8. The largest absolute Gasteiger partial charge is 0.391 e. The van der Waals surface area contributed by atoms with E-state index in [1.165, 1.54) is 16.7 Å². The number of piperidine rings is 1. The third-order valence-corrected chi connectivity index (χ3v) is 18.7. The number of aliphatic hydroxyl groups is 1. The first-order valence-electron chi connectivity index (χ1n) is 27.6. The number of hydrogen-bond donors (Lipinski definition) is 5. The van der Waals surface area contributed by atoms with Gasteiger partial charge in [-0.1, -0.05) is 118 Å². The van der Waals surface area contributed by atoms with Gasteiger partial charge in [0.05, 0.1) is 44.5 Å². The van der Waals surface area contributed by atoms with Crippen LogP contribution in [0, 0.1) is 17.8 Å². The van der Waals surface area contributed by atoms with Crippen molar-refractivity contribution in [2.75, 3.05) is 69.5 Å². The van der Waals surface area contributed by atoms with Gasteiger partial charge in [-0.25, -0.2) is 15.0 Å². The van der Waals surface area contributed by atoms with E-state index in [2.05, 4.69) is 35.4 Å². The molecule has 3 aliphatic rings. The molecule has 7 rings (SSSR count). The number of amides is 4. The molecule has 16 nitrogen and oxygen atoms in total. The van der Waals surface area contributed by atoms with E-state index < -0.39 is 23.6 Å². The summed E-state index contributed by atoms with van der Waals surface area (Å²) < 4.78 is 0. The van der Waals surface area contributed by atoms with Crippen LogP contribution in [0.4, 0.5) is 11.6 Å². The fraction of sp³-hybridized carbons (Fsp3) is 0.596. The molecule has 3 aliphatic heterocycles. The second kappa shape index (κ2) is 28.0. The molecule has 5 heterocycles. The molecule has 4 aromatic rings. The first-order chi connectivity index (χ1) is 36.8.